The molecule has 1 aromatic rings. The maximum absolute atomic E-state index is 12.1. The van der Waals surface area contributed by atoms with Crippen LogP contribution < -0.4 is 5.32 Å². The number of hydrogen-bond acceptors (Lipinski definition) is 4. The summed E-state index contributed by atoms with van der Waals surface area (Å²) in [6, 6.07) is 6.78. The molecule has 1 aliphatic rings. The number of carbonyl (C=O) groups is 2. The Morgan fingerprint density at radius 2 is 1.86 bits per heavy atom. The van der Waals surface area contributed by atoms with Crippen LogP contribution in [0.5, 0.6) is 0 Å². The Morgan fingerprint density at radius 3 is 2.48 bits per heavy atom. The monoisotopic (exact) mass is 311 g/mol. The predicted molar refractivity (Wildman–Crippen MR) is 80.2 cm³/mol. The van der Waals surface area contributed by atoms with Crippen LogP contribution in [0.1, 0.15) is 0 Å². The predicted octanol–water partition coefficient (Wildman–Crippen LogP) is 0.415. The minimum Gasteiger partial charge on any atom is -0.395 e. The number of β-amino-alcohol motifs (C(OH)–C–C–N with tert-alkyl or cyclic N) is 1. The lowest BCUT2D eigenvalue weighted by molar-refractivity contribution is -0.144. The molecule has 0 bridgehead atoms. The van der Waals surface area contributed by atoms with Crippen molar-refractivity contribution in [3.05, 3.63) is 29.3 Å². The van der Waals surface area contributed by atoms with Gasteiger partial charge in [0.15, 0.2) is 0 Å². The molecule has 0 saturated carbocycles. The third-order valence-corrected chi connectivity index (χ3v) is 3.72. The summed E-state index contributed by atoms with van der Waals surface area (Å²) in [6.07, 6.45) is 0. The second kappa shape index (κ2) is 7.40. The fourth-order valence-electron chi connectivity index (χ4n) is 2.20. The van der Waals surface area contributed by atoms with Gasteiger partial charge in [-0.1, -0.05) is 23.7 Å². The van der Waals surface area contributed by atoms with Gasteiger partial charge in [0.05, 0.1) is 17.3 Å². The van der Waals surface area contributed by atoms with Gasteiger partial charge in [0.25, 0.3) is 0 Å². The van der Waals surface area contributed by atoms with Gasteiger partial charge in [-0.05, 0) is 12.1 Å². The summed E-state index contributed by atoms with van der Waals surface area (Å²) in [7, 11) is 0. The van der Waals surface area contributed by atoms with Crippen molar-refractivity contribution >= 4 is 29.1 Å². The first kappa shape index (κ1) is 15.8. The summed E-state index contributed by atoms with van der Waals surface area (Å²) < 4.78 is 0. The Labute approximate surface area is 128 Å². The number of amides is 2. The lowest BCUT2D eigenvalue weighted by Gasteiger charge is -2.33. The zero-order valence-corrected chi connectivity index (χ0v) is 12.3. The zero-order chi connectivity index (χ0) is 15.2. The molecule has 21 heavy (non-hydrogen) atoms. The summed E-state index contributed by atoms with van der Waals surface area (Å²) in [6.45, 7) is 2.97. The van der Waals surface area contributed by atoms with Crippen LogP contribution in [0.15, 0.2) is 24.3 Å². The highest BCUT2D eigenvalue weighted by molar-refractivity contribution is 6.41. The Hall–Kier alpha value is -1.63. The normalized spacial score (nSPS) is 15.8. The maximum atomic E-state index is 12.1. The van der Waals surface area contributed by atoms with Crippen LogP contribution in [0.25, 0.3) is 0 Å². The van der Waals surface area contributed by atoms with Gasteiger partial charge in [0.2, 0.25) is 0 Å². The Balaban J connectivity index is 1.89. The third kappa shape index (κ3) is 4.17. The SMILES string of the molecule is O=C(Nc1ccccc1Cl)C(=O)N1CCN(CCO)CC1. The van der Waals surface area contributed by atoms with E-state index in [0.717, 1.165) is 0 Å². The van der Waals surface area contributed by atoms with Crippen LogP contribution in [-0.4, -0.2) is 66.1 Å². The van der Waals surface area contributed by atoms with Gasteiger partial charge in [0.1, 0.15) is 0 Å². The number of nitrogens with zero attached hydrogens (tertiary/aromatic N) is 2. The van der Waals surface area contributed by atoms with Gasteiger partial charge < -0.3 is 15.3 Å². The molecule has 1 aromatic carbocycles. The molecular weight excluding hydrogens is 294 g/mol. The number of halogens is 1. The van der Waals surface area contributed by atoms with E-state index in [9.17, 15) is 9.59 Å². The number of anilines is 1. The van der Waals surface area contributed by atoms with Crippen molar-refractivity contribution in [1.82, 2.24) is 9.80 Å². The first-order valence-corrected chi connectivity index (χ1v) is 7.17. The number of hydrogen-bond donors (Lipinski definition) is 2. The summed E-state index contributed by atoms with van der Waals surface area (Å²) in [5, 5.41) is 11.8. The molecule has 1 heterocycles. The Morgan fingerprint density at radius 1 is 1.19 bits per heavy atom. The molecule has 1 aliphatic heterocycles. The number of piperazine rings is 1. The van der Waals surface area contributed by atoms with Crippen molar-refractivity contribution in [3.8, 4) is 0 Å². The number of carbonyl (C=O) groups excluding carboxylic acids is 2. The van der Waals surface area contributed by atoms with E-state index in [2.05, 4.69) is 10.2 Å². The summed E-state index contributed by atoms with van der Waals surface area (Å²) in [4.78, 5) is 27.6. The van der Waals surface area contributed by atoms with Gasteiger partial charge in [0, 0.05) is 32.7 Å². The van der Waals surface area contributed by atoms with E-state index in [1.54, 1.807) is 24.3 Å². The number of para-hydroxylation sites is 1. The quantitative estimate of drug-likeness (QED) is 0.793. The van der Waals surface area contributed by atoms with Gasteiger partial charge in [-0.15, -0.1) is 0 Å². The van der Waals surface area contributed by atoms with Crippen molar-refractivity contribution < 1.29 is 14.7 Å². The molecule has 0 aliphatic carbocycles. The van der Waals surface area contributed by atoms with Crippen LogP contribution in [0.2, 0.25) is 5.02 Å². The van der Waals surface area contributed by atoms with Crippen molar-refractivity contribution in [2.24, 2.45) is 0 Å². The molecule has 0 aromatic heterocycles. The smallest absolute Gasteiger partial charge is 0.313 e. The minimum atomic E-state index is -0.682. The molecule has 2 amide bonds. The van der Waals surface area contributed by atoms with Gasteiger partial charge in [-0.25, -0.2) is 0 Å². The largest absolute Gasteiger partial charge is 0.395 e. The van der Waals surface area contributed by atoms with E-state index in [4.69, 9.17) is 16.7 Å². The number of aliphatic hydroxyl groups is 1. The molecule has 0 spiro atoms. The Kier molecular flexibility index (Phi) is 5.55. The van der Waals surface area contributed by atoms with E-state index in [-0.39, 0.29) is 6.61 Å². The van der Waals surface area contributed by atoms with Crippen LogP contribution in [0.4, 0.5) is 5.69 Å². The van der Waals surface area contributed by atoms with E-state index in [1.165, 1.54) is 4.90 Å². The van der Waals surface area contributed by atoms with Crippen molar-refractivity contribution in [2.75, 3.05) is 44.6 Å². The van der Waals surface area contributed by atoms with E-state index in [0.29, 0.717) is 43.4 Å². The number of rotatable bonds is 3. The lowest BCUT2D eigenvalue weighted by Crippen LogP contribution is -2.52. The summed E-state index contributed by atoms with van der Waals surface area (Å²) in [5.74, 6) is -1.24. The number of aliphatic hydroxyl groups excluding tert-OH is 1. The Bertz CT molecular complexity index is 516. The summed E-state index contributed by atoms with van der Waals surface area (Å²) in [5.41, 5.74) is 0.427. The second-order valence-electron chi connectivity index (χ2n) is 4.79. The first-order valence-electron chi connectivity index (χ1n) is 6.80. The molecule has 2 rings (SSSR count). The number of nitrogens with one attached hydrogen (secondary N) is 1. The van der Waals surface area contributed by atoms with Crippen molar-refractivity contribution in [1.29, 1.82) is 0 Å². The van der Waals surface area contributed by atoms with Crippen LogP contribution in [0.3, 0.4) is 0 Å². The molecule has 0 atom stereocenters. The molecule has 2 N–H and O–H groups in total. The van der Waals surface area contributed by atoms with Gasteiger partial charge in [-0.3, -0.25) is 14.5 Å². The molecule has 0 radical (unpaired) electrons. The maximum Gasteiger partial charge on any atom is 0.313 e. The molecular formula is C14H18ClN3O3. The highest BCUT2D eigenvalue weighted by atomic mass is 35.5. The molecule has 1 saturated heterocycles. The van der Waals surface area contributed by atoms with Crippen LogP contribution >= 0.6 is 11.6 Å². The molecule has 1 fully saturated rings. The second-order valence-corrected chi connectivity index (χ2v) is 5.20. The molecule has 6 nitrogen and oxygen atoms in total. The van der Waals surface area contributed by atoms with Crippen molar-refractivity contribution in [2.45, 2.75) is 0 Å². The van der Waals surface area contributed by atoms with Gasteiger partial charge in [-0.2, -0.15) is 0 Å². The topological polar surface area (TPSA) is 72.9 Å². The zero-order valence-electron chi connectivity index (χ0n) is 11.6. The fourth-order valence-corrected chi connectivity index (χ4v) is 2.38. The van der Waals surface area contributed by atoms with E-state index in [1.807, 2.05) is 0 Å². The third-order valence-electron chi connectivity index (χ3n) is 3.39. The van der Waals surface area contributed by atoms with E-state index >= 15 is 0 Å². The lowest BCUT2D eigenvalue weighted by atomic mass is 10.3. The molecule has 114 valence electrons. The summed E-state index contributed by atoms with van der Waals surface area (Å²) >= 11 is 5.94. The van der Waals surface area contributed by atoms with Crippen LogP contribution in [0, 0.1) is 0 Å². The van der Waals surface area contributed by atoms with Crippen LogP contribution in [-0.2, 0) is 9.59 Å². The standard InChI is InChI=1S/C14H18ClN3O3/c15-11-3-1-2-4-12(11)16-13(20)14(21)18-7-5-17(6-8-18)9-10-19/h1-4,19H,5-10H2,(H,16,20). The van der Waals surface area contributed by atoms with Crippen molar-refractivity contribution in [3.63, 3.8) is 0 Å². The average Bonchev–Trinajstić information content (AvgIpc) is 2.50. The molecule has 7 heteroatoms. The highest BCUT2D eigenvalue weighted by Crippen LogP contribution is 2.20. The fraction of sp³-hybridized carbons (Fsp3) is 0.429. The highest BCUT2D eigenvalue weighted by Gasteiger charge is 2.26. The first-order chi connectivity index (χ1) is 10.1. The van der Waals surface area contributed by atoms with E-state index < -0.39 is 11.8 Å². The number of benzene rings is 1. The average molecular weight is 312 g/mol. The molecule has 0 unspecified atom stereocenters. The minimum absolute atomic E-state index is 0.0982. The van der Waals surface area contributed by atoms with Gasteiger partial charge >= 0.3 is 11.8 Å².